The van der Waals surface area contributed by atoms with Crippen LogP contribution in [-0.4, -0.2) is 99.0 Å². The molecule has 13 heteroatoms. The van der Waals surface area contributed by atoms with Crippen molar-refractivity contribution in [3.05, 3.63) is 34.9 Å². The van der Waals surface area contributed by atoms with Gasteiger partial charge in [-0.05, 0) is 55.7 Å². The van der Waals surface area contributed by atoms with Gasteiger partial charge in [0.2, 0.25) is 0 Å². The van der Waals surface area contributed by atoms with Gasteiger partial charge in [0.15, 0.2) is 5.82 Å². The smallest absolute Gasteiger partial charge is 0.319 e. The maximum absolute atomic E-state index is 17.0. The van der Waals surface area contributed by atoms with E-state index in [1.807, 2.05) is 11.0 Å². The number of nitrogens with one attached hydrogen (secondary N) is 1. The van der Waals surface area contributed by atoms with E-state index in [0.29, 0.717) is 73.0 Å². The lowest BCUT2D eigenvalue weighted by molar-refractivity contribution is 0.0529. The quantitative estimate of drug-likeness (QED) is 0.332. The molecule has 3 aromatic heterocycles. The minimum Gasteiger partial charge on any atom is -0.461 e. The van der Waals surface area contributed by atoms with Gasteiger partial charge in [-0.1, -0.05) is 11.6 Å². The van der Waals surface area contributed by atoms with Crippen LogP contribution in [0.3, 0.4) is 0 Å². The molecule has 4 fully saturated rings. The van der Waals surface area contributed by atoms with E-state index in [2.05, 4.69) is 20.1 Å². The van der Waals surface area contributed by atoms with Gasteiger partial charge in [0.1, 0.15) is 29.8 Å². The van der Waals surface area contributed by atoms with Crippen LogP contribution in [0.15, 0.2) is 18.5 Å². The van der Waals surface area contributed by atoms with Gasteiger partial charge in [0.25, 0.3) is 0 Å². The first-order valence-corrected chi connectivity index (χ1v) is 16.3. The van der Waals surface area contributed by atoms with Gasteiger partial charge in [0.05, 0.1) is 42.0 Å². The van der Waals surface area contributed by atoms with Crippen molar-refractivity contribution in [1.82, 2.24) is 30.0 Å². The Labute approximate surface area is 263 Å². The number of fused-ring (bicyclic) bond motifs is 5. The van der Waals surface area contributed by atoms with E-state index in [-0.39, 0.29) is 41.6 Å². The van der Waals surface area contributed by atoms with E-state index in [1.54, 1.807) is 12.4 Å². The number of aliphatic hydroxyl groups is 1. The van der Waals surface area contributed by atoms with Crippen molar-refractivity contribution in [2.75, 3.05) is 50.9 Å². The normalized spacial score (nSPS) is 31.2. The highest BCUT2D eigenvalue weighted by Crippen LogP contribution is 2.54. The molecule has 4 aromatic rings. The summed E-state index contributed by atoms with van der Waals surface area (Å²) < 4.78 is 44.0. The minimum absolute atomic E-state index is 0.0243. The van der Waals surface area contributed by atoms with Crippen LogP contribution in [0.4, 0.5) is 14.6 Å². The van der Waals surface area contributed by atoms with Crippen LogP contribution in [0.1, 0.15) is 43.6 Å². The number of piperidine rings is 1. The summed E-state index contributed by atoms with van der Waals surface area (Å²) in [5.41, 5.74) is 1.93. The zero-order valence-electron chi connectivity index (χ0n) is 24.7. The van der Waals surface area contributed by atoms with Crippen LogP contribution in [0.2, 0.25) is 5.02 Å². The Morgan fingerprint density at radius 2 is 2.07 bits per heavy atom. The molecule has 45 heavy (non-hydrogen) atoms. The Morgan fingerprint density at radius 3 is 2.98 bits per heavy atom. The number of rotatable bonds is 3. The van der Waals surface area contributed by atoms with Crippen molar-refractivity contribution >= 4 is 39.2 Å². The van der Waals surface area contributed by atoms with E-state index < -0.39 is 23.6 Å². The van der Waals surface area contributed by atoms with Gasteiger partial charge < -0.3 is 19.5 Å². The summed E-state index contributed by atoms with van der Waals surface area (Å²) in [6.45, 7) is 3.39. The molecule has 10 nitrogen and oxygen atoms in total. The Bertz CT molecular complexity index is 1820. The number of ether oxygens (including phenoxy) is 2. The van der Waals surface area contributed by atoms with E-state index in [4.69, 9.17) is 31.0 Å². The summed E-state index contributed by atoms with van der Waals surface area (Å²) in [4.78, 5) is 18.3. The Balaban J connectivity index is 1.22. The molecule has 3 saturated heterocycles. The average Bonchev–Trinajstić information content (AvgIpc) is 3.27. The molecule has 1 aromatic carbocycles. The lowest BCUT2D eigenvalue weighted by Crippen LogP contribution is -2.45. The van der Waals surface area contributed by atoms with Crippen molar-refractivity contribution in [3.8, 4) is 17.3 Å². The van der Waals surface area contributed by atoms with Gasteiger partial charge >= 0.3 is 6.01 Å². The third kappa shape index (κ3) is 4.58. The second-order valence-corrected chi connectivity index (χ2v) is 14.1. The molecule has 0 spiro atoms. The molecule has 2 N–H and O–H groups in total. The van der Waals surface area contributed by atoms with Gasteiger partial charge in [-0.25, -0.2) is 8.78 Å². The number of anilines is 1. The number of H-pyrrole nitrogens is 1. The maximum atomic E-state index is 17.0. The predicted octanol–water partition coefficient (Wildman–Crippen LogP) is 4.64. The first-order chi connectivity index (χ1) is 21.9. The first kappa shape index (κ1) is 28.1. The van der Waals surface area contributed by atoms with Crippen LogP contribution in [-0.2, 0) is 4.74 Å². The fourth-order valence-corrected chi connectivity index (χ4v) is 8.82. The minimum atomic E-state index is -0.901. The van der Waals surface area contributed by atoms with E-state index in [1.165, 1.54) is 0 Å². The number of alkyl halides is 1. The summed E-state index contributed by atoms with van der Waals surface area (Å²) in [6.07, 6.45) is 5.46. The Morgan fingerprint density at radius 1 is 1.16 bits per heavy atom. The molecule has 8 heterocycles. The molecule has 236 valence electrons. The molecule has 6 atom stereocenters. The second kappa shape index (κ2) is 10.4. The fourth-order valence-electron chi connectivity index (χ4n) is 8.48. The Hall–Kier alpha value is -3.19. The van der Waals surface area contributed by atoms with Crippen LogP contribution in [0, 0.1) is 17.7 Å². The molecule has 0 unspecified atom stereocenters. The lowest BCUT2D eigenvalue weighted by Gasteiger charge is -2.37. The summed E-state index contributed by atoms with van der Waals surface area (Å²) in [6, 6.07) is 1.86. The molecule has 10 rings (SSSR count). The topological polar surface area (TPSA) is 113 Å². The lowest BCUT2D eigenvalue weighted by atomic mass is 9.94. The summed E-state index contributed by atoms with van der Waals surface area (Å²) in [7, 11) is 0. The van der Waals surface area contributed by atoms with Crippen molar-refractivity contribution in [1.29, 1.82) is 0 Å². The number of nitrogens with zero attached hydrogens (tertiary/aromatic N) is 6. The highest BCUT2D eigenvalue weighted by atomic mass is 35.5. The highest BCUT2D eigenvalue weighted by molar-refractivity contribution is 6.33. The number of aromatic amines is 1. The van der Waals surface area contributed by atoms with Gasteiger partial charge in [0, 0.05) is 54.1 Å². The summed E-state index contributed by atoms with van der Waals surface area (Å²) in [5.74, 6) is 0.220. The van der Waals surface area contributed by atoms with Gasteiger partial charge in [-0.2, -0.15) is 15.1 Å². The van der Waals surface area contributed by atoms with Crippen LogP contribution in [0.5, 0.6) is 6.01 Å². The Kier molecular flexibility index (Phi) is 6.49. The van der Waals surface area contributed by atoms with Crippen LogP contribution >= 0.6 is 11.6 Å². The standard InChI is InChI=1S/C32H34ClF2N7O3/c33-23-6-24-21(9-37-40-24)26-25(23)20-5-17(20)14-44-13-16-4-19(43)12-41(10-16)30-22-8-36-29(26)27(35)28(22)38-31(39-30)45-15-32-2-1-3-42(32)11-18(34)7-32/h6,8-9,16-20,43H,1-5,7,10-15H2,(H,37,40)/t16-,17-,18-,19+,20-,32+/m1/s1. The average molecular weight is 638 g/mol. The molecular weight excluding hydrogens is 604 g/mol. The largest absolute Gasteiger partial charge is 0.461 e. The maximum Gasteiger partial charge on any atom is 0.319 e. The monoisotopic (exact) mass is 637 g/mol. The number of hydrogen-bond acceptors (Lipinski definition) is 9. The number of hydrogen-bond donors (Lipinski definition) is 2. The zero-order chi connectivity index (χ0) is 30.4. The van der Waals surface area contributed by atoms with Crippen LogP contribution in [0.25, 0.3) is 33.1 Å². The van der Waals surface area contributed by atoms with Crippen LogP contribution < -0.4 is 9.64 Å². The van der Waals surface area contributed by atoms with E-state index >= 15 is 4.39 Å². The van der Waals surface area contributed by atoms with Gasteiger partial charge in [-0.15, -0.1) is 0 Å². The van der Waals surface area contributed by atoms with E-state index in [0.717, 1.165) is 36.8 Å². The second-order valence-electron chi connectivity index (χ2n) is 13.7. The number of aromatic nitrogens is 5. The molecule has 6 bridgehead atoms. The molecule has 1 saturated carbocycles. The fraction of sp³-hybridized carbons (Fsp3) is 0.562. The number of halogens is 3. The van der Waals surface area contributed by atoms with Crippen molar-refractivity contribution < 1.29 is 23.4 Å². The zero-order valence-corrected chi connectivity index (χ0v) is 25.4. The summed E-state index contributed by atoms with van der Waals surface area (Å²) in [5, 5.41) is 19.8. The molecule has 1 aliphatic carbocycles. The highest BCUT2D eigenvalue weighted by Gasteiger charge is 2.49. The third-order valence-electron chi connectivity index (χ3n) is 10.6. The number of benzene rings is 1. The molecule has 5 aliphatic heterocycles. The van der Waals surface area contributed by atoms with Crippen molar-refractivity contribution in [2.45, 2.75) is 55.8 Å². The van der Waals surface area contributed by atoms with Gasteiger partial charge in [-0.3, -0.25) is 15.0 Å². The SMILES string of the molecule is O[C@H]1C[C@H]2COC[C@H]3C[C@H]3c3c(Cl)cc4[nH]ncc4c3-c3ncc4c(nc(OC[C@@]56CCCN5C[C@H](F)C6)nc4c3F)N(C1)C2. The van der Waals surface area contributed by atoms with E-state index in [9.17, 15) is 9.50 Å². The third-order valence-corrected chi connectivity index (χ3v) is 11.0. The summed E-state index contributed by atoms with van der Waals surface area (Å²) >= 11 is 6.90. The first-order valence-electron chi connectivity index (χ1n) is 15.9. The molecule has 6 aliphatic rings. The molecular formula is C32H34ClF2N7O3. The molecule has 0 radical (unpaired) electrons. The molecule has 0 amide bonds. The number of aliphatic hydroxyl groups excluding tert-OH is 1. The van der Waals surface area contributed by atoms with Crippen molar-refractivity contribution in [3.63, 3.8) is 0 Å². The number of pyridine rings is 1. The van der Waals surface area contributed by atoms with Crippen molar-refractivity contribution in [2.24, 2.45) is 11.8 Å². The predicted molar refractivity (Wildman–Crippen MR) is 164 cm³/mol.